The van der Waals surface area contributed by atoms with Crippen molar-refractivity contribution in [2.45, 2.75) is 30.0 Å². The van der Waals surface area contributed by atoms with Crippen molar-refractivity contribution in [1.82, 2.24) is 10.2 Å². The summed E-state index contributed by atoms with van der Waals surface area (Å²) in [5, 5.41) is 3.24. The van der Waals surface area contributed by atoms with E-state index in [0.717, 1.165) is 30.3 Å². The summed E-state index contributed by atoms with van der Waals surface area (Å²) in [6.45, 7) is 6.63. The number of ether oxygens (including phenoxy) is 1. The summed E-state index contributed by atoms with van der Waals surface area (Å²) in [6.07, 6.45) is 0. The van der Waals surface area contributed by atoms with Crippen molar-refractivity contribution in [2.24, 2.45) is 0 Å². The van der Waals surface area contributed by atoms with Crippen LogP contribution in [0.1, 0.15) is 13.8 Å². The maximum Gasteiger partial charge on any atom is 0.236 e. The zero-order valence-corrected chi connectivity index (χ0v) is 14.3. The molecule has 1 aromatic rings. The predicted octanol–water partition coefficient (Wildman–Crippen LogP) is 2.42. The lowest BCUT2D eigenvalue weighted by atomic mass is 10.2. The summed E-state index contributed by atoms with van der Waals surface area (Å²) in [4.78, 5) is 15.6. The van der Waals surface area contributed by atoms with Gasteiger partial charge in [0.15, 0.2) is 0 Å². The minimum Gasteiger partial charge on any atom is -0.497 e. The van der Waals surface area contributed by atoms with Crippen LogP contribution in [0.15, 0.2) is 29.2 Å². The maximum atomic E-state index is 12.5. The van der Waals surface area contributed by atoms with E-state index >= 15 is 0 Å². The highest BCUT2D eigenvalue weighted by atomic mass is 35.5. The zero-order chi connectivity index (χ0) is 14.5. The third kappa shape index (κ3) is 4.80. The van der Waals surface area contributed by atoms with Crippen molar-refractivity contribution in [2.75, 3.05) is 26.7 Å². The zero-order valence-electron chi connectivity index (χ0n) is 12.7. The van der Waals surface area contributed by atoms with Crippen molar-refractivity contribution in [1.29, 1.82) is 0 Å². The Morgan fingerprint density at radius 3 is 2.67 bits per heavy atom. The van der Waals surface area contributed by atoms with Crippen LogP contribution in [0.5, 0.6) is 5.75 Å². The fraction of sp³-hybridized carbons (Fsp3) is 0.533. The van der Waals surface area contributed by atoms with E-state index in [1.807, 2.05) is 36.1 Å². The number of hydrogen-bond donors (Lipinski definition) is 1. The first kappa shape index (κ1) is 18.1. The fourth-order valence-electron chi connectivity index (χ4n) is 2.31. The van der Waals surface area contributed by atoms with E-state index in [0.29, 0.717) is 0 Å². The van der Waals surface area contributed by atoms with Gasteiger partial charge in [-0.2, -0.15) is 0 Å². The molecule has 1 aromatic carbocycles. The highest BCUT2D eigenvalue weighted by molar-refractivity contribution is 8.00. The maximum absolute atomic E-state index is 12.5. The molecule has 21 heavy (non-hydrogen) atoms. The molecule has 0 aliphatic carbocycles. The highest BCUT2D eigenvalue weighted by Crippen LogP contribution is 2.27. The molecule has 2 rings (SSSR count). The number of nitrogens with one attached hydrogen (secondary N) is 1. The minimum atomic E-state index is -0.0658. The normalized spacial score (nSPS) is 19.6. The van der Waals surface area contributed by atoms with E-state index < -0.39 is 0 Å². The van der Waals surface area contributed by atoms with Gasteiger partial charge in [0.1, 0.15) is 5.75 Å². The van der Waals surface area contributed by atoms with Crippen LogP contribution in [0.4, 0.5) is 0 Å². The lowest BCUT2D eigenvalue weighted by Gasteiger charge is -2.35. The van der Waals surface area contributed by atoms with Crippen LogP contribution in [0.3, 0.4) is 0 Å². The quantitative estimate of drug-likeness (QED) is 0.861. The second-order valence-corrected chi connectivity index (χ2v) is 6.43. The lowest BCUT2D eigenvalue weighted by molar-refractivity contribution is -0.133. The molecule has 6 heteroatoms. The molecular formula is C15H23ClN2O2S. The standard InChI is InChI=1S/C15H22N2O2S.ClH/c1-11-10-16-8-9-17(11)15(18)12(2)20-14-6-4-13(19-3)5-7-14;/h4-7,11-12,16H,8-10H2,1-3H3;1H/t11-,12?;/m1./s1. The molecule has 1 aliphatic heterocycles. The molecule has 4 nitrogen and oxygen atoms in total. The summed E-state index contributed by atoms with van der Waals surface area (Å²) in [5.74, 6) is 1.06. The van der Waals surface area contributed by atoms with Crippen LogP contribution >= 0.6 is 24.2 Å². The summed E-state index contributed by atoms with van der Waals surface area (Å²) in [7, 11) is 1.65. The van der Waals surface area contributed by atoms with Crippen LogP contribution in [0.2, 0.25) is 0 Å². The molecule has 1 heterocycles. The molecular weight excluding hydrogens is 308 g/mol. The number of halogens is 1. The van der Waals surface area contributed by atoms with Gasteiger partial charge in [-0.05, 0) is 38.1 Å². The van der Waals surface area contributed by atoms with Gasteiger partial charge in [0, 0.05) is 30.6 Å². The average molecular weight is 331 g/mol. The first-order valence-electron chi connectivity index (χ1n) is 6.93. The Bertz CT molecular complexity index is 455. The van der Waals surface area contributed by atoms with Gasteiger partial charge in [-0.15, -0.1) is 24.2 Å². The molecule has 0 spiro atoms. The number of thioether (sulfide) groups is 1. The van der Waals surface area contributed by atoms with Crippen LogP contribution < -0.4 is 10.1 Å². The topological polar surface area (TPSA) is 41.6 Å². The second kappa shape index (κ2) is 8.51. The molecule has 1 N–H and O–H groups in total. The van der Waals surface area contributed by atoms with Gasteiger partial charge in [0.05, 0.1) is 12.4 Å². The Morgan fingerprint density at radius 1 is 1.43 bits per heavy atom. The van der Waals surface area contributed by atoms with Crippen molar-refractivity contribution in [3.05, 3.63) is 24.3 Å². The van der Waals surface area contributed by atoms with E-state index in [9.17, 15) is 4.79 Å². The van der Waals surface area contributed by atoms with Gasteiger partial charge >= 0.3 is 0 Å². The van der Waals surface area contributed by atoms with E-state index in [4.69, 9.17) is 4.74 Å². The van der Waals surface area contributed by atoms with Crippen molar-refractivity contribution in [3.8, 4) is 5.75 Å². The van der Waals surface area contributed by atoms with Gasteiger partial charge in [0.25, 0.3) is 0 Å². The Kier molecular flexibility index (Phi) is 7.35. The Morgan fingerprint density at radius 2 is 2.10 bits per heavy atom. The number of hydrogen-bond acceptors (Lipinski definition) is 4. The molecule has 1 unspecified atom stereocenters. The fourth-order valence-corrected chi connectivity index (χ4v) is 3.25. The third-order valence-corrected chi connectivity index (χ3v) is 4.60. The molecule has 0 bridgehead atoms. The summed E-state index contributed by atoms with van der Waals surface area (Å²) in [5.41, 5.74) is 0. The minimum absolute atomic E-state index is 0. The number of piperazine rings is 1. The first-order valence-corrected chi connectivity index (χ1v) is 7.81. The molecule has 0 saturated carbocycles. The number of methoxy groups -OCH3 is 1. The summed E-state index contributed by atoms with van der Waals surface area (Å²) in [6, 6.07) is 8.11. The third-order valence-electron chi connectivity index (χ3n) is 3.50. The van der Waals surface area contributed by atoms with Gasteiger partial charge < -0.3 is 15.0 Å². The number of amides is 1. The van der Waals surface area contributed by atoms with Crippen molar-refractivity contribution in [3.63, 3.8) is 0 Å². The monoisotopic (exact) mass is 330 g/mol. The van der Waals surface area contributed by atoms with Crippen LogP contribution in [-0.4, -0.2) is 48.8 Å². The van der Waals surface area contributed by atoms with Crippen molar-refractivity contribution < 1.29 is 9.53 Å². The number of carbonyl (C=O) groups is 1. The molecule has 1 aliphatic rings. The van der Waals surface area contributed by atoms with Crippen LogP contribution in [0.25, 0.3) is 0 Å². The molecule has 1 saturated heterocycles. The number of carbonyl (C=O) groups excluding carboxylic acids is 1. The van der Waals surface area contributed by atoms with Gasteiger partial charge in [-0.25, -0.2) is 0 Å². The number of rotatable bonds is 4. The van der Waals surface area contributed by atoms with E-state index in [2.05, 4.69) is 12.2 Å². The van der Waals surface area contributed by atoms with E-state index in [-0.39, 0.29) is 29.6 Å². The largest absolute Gasteiger partial charge is 0.497 e. The second-order valence-electron chi connectivity index (χ2n) is 5.02. The molecule has 2 atom stereocenters. The Labute approximate surface area is 137 Å². The number of nitrogens with zero attached hydrogens (tertiary/aromatic N) is 1. The summed E-state index contributed by atoms with van der Waals surface area (Å²) >= 11 is 1.60. The molecule has 118 valence electrons. The highest BCUT2D eigenvalue weighted by Gasteiger charge is 2.27. The number of benzene rings is 1. The van der Waals surface area contributed by atoms with Gasteiger partial charge in [-0.3, -0.25) is 4.79 Å². The van der Waals surface area contributed by atoms with Gasteiger partial charge in [0.2, 0.25) is 5.91 Å². The van der Waals surface area contributed by atoms with E-state index in [1.165, 1.54) is 0 Å². The molecule has 1 fully saturated rings. The van der Waals surface area contributed by atoms with Crippen molar-refractivity contribution >= 4 is 30.1 Å². The summed E-state index contributed by atoms with van der Waals surface area (Å²) < 4.78 is 5.14. The smallest absolute Gasteiger partial charge is 0.236 e. The van der Waals surface area contributed by atoms with Crippen LogP contribution in [0, 0.1) is 0 Å². The predicted molar refractivity (Wildman–Crippen MR) is 89.6 cm³/mol. The van der Waals surface area contributed by atoms with Gasteiger partial charge in [-0.1, -0.05) is 0 Å². The Balaban J connectivity index is 0.00000220. The molecule has 0 aromatic heterocycles. The first-order chi connectivity index (χ1) is 9.61. The SMILES string of the molecule is COc1ccc(SC(C)C(=O)N2CCNC[C@H]2C)cc1.Cl. The molecule has 0 radical (unpaired) electrons. The van der Waals surface area contributed by atoms with Crippen LogP contribution in [-0.2, 0) is 4.79 Å². The lowest BCUT2D eigenvalue weighted by Crippen LogP contribution is -2.54. The molecule has 1 amide bonds. The van der Waals surface area contributed by atoms with E-state index in [1.54, 1.807) is 18.9 Å². The Hall–Kier alpha value is -0.910. The average Bonchev–Trinajstić information content (AvgIpc) is 2.48.